The summed E-state index contributed by atoms with van der Waals surface area (Å²) in [4.78, 5) is 39.8. The summed E-state index contributed by atoms with van der Waals surface area (Å²) in [6.45, 7) is 4.78. The average Bonchev–Trinajstić information content (AvgIpc) is 2.74. The molecule has 0 aliphatic carbocycles. The number of nitro groups is 1. The molecule has 30 heavy (non-hydrogen) atoms. The van der Waals surface area contributed by atoms with Crippen LogP contribution in [0.4, 0.5) is 17.1 Å². The molecule has 158 valence electrons. The number of hydrogen-bond acceptors (Lipinski definition) is 7. The molecule has 9 nitrogen and oxygen atoms in total. The van der Waals surface area contributed by atoms with Crippen molar-refractivity contribution in [3.05, 3.63) is 63.2 Å². The Balaban J connectivity index is 1.85. The summed E-state index contributed by atoms with van der Waals surface area (Å²) in [5.41, 5.74) is 2.06. The molecule has 1 aliphatic heterocycles. The zero-order valence-electron chi connectivity index (χ0n) is 17.2. The number of carbonyl (C=O) groups is 2. The Morgan fingerprint density at radius 1 is 1.07 bits per heavy atom. The van der Waals surface area contributed by atoms with Gasteiger partial charge in [-0.05, 0) is 43.8 Å². The number of methoxy groups -OCH3 is 1. The smallest absolute Gasteiger partial charge is 0.337 e. The lowest BCUT2D eigenvalue weighted by molar-refractivity contribution is -0.384. The molecular weight excluding hydrogens is 388 g/mol. The summed E-state index contributed by atoms with van der Waals surface area (Å²) in [7, 11) is 3.29. The molecule has 0 aromatic heterocycles. The van der Waals surface area contributed by atoms with Gasteiger partial charge in [-0.1, -0.05) is 6.07 Å². The zero-order valence-corrected chi connectivity index (χ0v) is 17.2. The van der Waals surface area contributed by atoms with E-state index < -0.39 is 16.8 Å². The van der Waals surface area contributed by atoms with Gasteiger partial charge >= 0.3 is 5.97 Å². The van der Waals surface area contributed by atoms with E-state index in [0.717, 1.165) is 18.7 Å². The quantitative estimate of drug-likeness (QED) is 0.457. The summed E-state index contributed by atoms with van der Waals surface area (Å²) in [6.07, 6.45) is 0. The molecule has 1 fully saturated rings. The molecule has 1 amide bonds. The van der Waals surface area contributed by atoms with Gasteiger partial charge in [0.1, 0.15) is 5.69 Å². The lowest BCUT2D eigenvalue weighted by Crippen LogP contribution is -2.44. The van der Waals surface area contributed by atoms with Crippen molar-refractivity contribution in [2.24, 2.45) is 0 Å². The standard InChI is InChI=1S/C21H24N4O5/c1-14-4-5-16(21(27)30-3)12-17(14)22-20(26)15-6-7-18(19(13-15)25(28)29)24-10-8-23(2)9-11-24/h4-7,12-13H,8-11H2,1-3H3,(H,22,26). The van der Waals surface area contributed by atoms with Gasteiger partial charge in [0, 0.05) is 43.5 Å². The zero-order chi connectivity index (χ0) is 21.8. The Kier molecular flexibility index (Phi) is 6.31. The van der Waals surface area contributed by atoms with Crippen LogP contribution in [0.25, 0.3) is 0 Å². The summed E-state index contributed by atoms with van der Waals surface area (Å²) in [5, 5.41) is 14.4. The van der Waals surface area contributed by atoms with Crippen LogP contribution in [-0.4, -0.2) is 62.0 Å². The third-order valence-electron chi connectivity index (χ3n) is 5.19. The van der Waals surface area contributed by atoms with Crippen molar-refractivity contribution in [1.82, 2.24) is 4.90 Å². The molecule has 1 N–H and O–H groups in total. The Bertz CT molecular complexity index is 983. The van der Waals surface area contributed by atoms with Crippen LogP contribution in [0.15, 0.2) is 36.4 Å². The highest BCUT2D eigenvalue weighted by atomic mass is 16.6. The fourth-order valence-corrected chi connectivity index (χ4v) is 3.32. The number of benzene rings is 2. The van der Waals surface area contributed by atoms with Crippen LogP contribution in [-0.2, 0) is 4.74 Å². The second-order valence-electron chi connectivity index (χ2n) is 7.23. The normalized spacial score (nSPS) is 14.3. The number of esters is 1. The second-order valence-corrected chi connectivity index (χ2v) is 7.23. The minimum atomic E-state index is -0.516. The third-order valence-corrected chi connectivity index (χ3v) is 5.19. The summed E-state index contributed by atoms with van der Waals surface area (Å²) in [5.74, 6) is -1.01. The summed E-state index contributed by atoms with van der Waals surface area (Å²) >= 11 is 0. The monoisotopic (exact) mass is 412 g/mol. The van der Waals surface area contributed by atoms with Crippen LogP contribution in [0.1, 0.15) is 26.3 Å². The fourth-order valence-electron chi connectivity index (χ4n) is 3.32. The number of hydrogen-bond donors (Lipinski definition) is 1. The molecule has 0 radical (unpaired) electrons. The number of ether oxygens (including phenoxy) is 1. The summed E-state index contributed by atoms with van der Waals surface area (Å²) < 4.78 is 4.71. The van der Waals surface area contributed by atoms with E-state index in [1.807, 2.05) is 11.9 Å². The van der Waals surface area contributed by atoms with Crippen molar-refractivity contribution in [3.63, 3.8) is 0 Å². The van der Waals surface area contributed by atoms with Crippen LogP contribution in [0.2, 0.25) is 0 Å². The summed E-state index contributed by atoms with van der Waals surface area (Å²) in [6, 6.07) is 9.31. The molecule has 0 bridgehead atoms. The Labute approximate surface area is 174 Å². The van der Waals surface area contributed by atoms with E-state index in [0.29, 0.717) is 30.0 Å². The number of likely N-dealkylation sites (N-methyl/N-ethyl adjacent to an activating group) is 1. The maximum atomic E-state index is 12.8. The van der Waals surface area contributed by atoms with Crippen LogP contribution in [0.3, 0.4) is 0 Å². The van der Waals surface area contributed by atoms with Gasteiger partial charge in [0.25, 0.3) is 11.6 Å². The number of rotatable bonds is 5. The van der Waals surface area contributed by atoms with Crippen LogP contribution in [0.5, 0.6) is 0 Å². The van der Waals surface area contributed by atoms with Crippen LogP contribution >= 0.6 is 0 Å². The minimum absolute atomic E-state index is 0.104. The highest BCUT2D eigenvalue weighted by Gasteiger charge is 2.24. The van der Waals surface area contributed by atoms with Gasteiger partial charge in [-0.3, -0.25) is 14.9 Å². The SMILES string of the molecule is COC(=O)c1ccc(C)c(NC(=O)c2ccc(N3CCN(C)CC3)c([N+](=O)[O-])c2)c1. The van der Waals surface area contributed by atoms with E-state index in [1.165, 1.54) is 19.2 Å². The van der Waals surface area contributed by atoms with E-state index in [4.69, 9.17) is 4.74 Å². The Morgan fingerprint density at radius 3 is 2.37 bits per heavy atom. The van der Waals surface area contributed by atoms with Crippen molar-refractivity contribution < 1.29 is 19.2 Å². The number of nitro benzene ring substituents is 1. The van der Waals surface area contributed by atoms with Gasteiger partial charge < -0.3 is 19.9 Å². The average molecular weight is 412 g/mol. The number of piperazine rings is 1. The van der Waals surface area contributed by atoms with Gasteiger partial charge in [0.2, 0.25) is 0 Å². The van der Waals surface area contributed by atoms with Crippen molar-refractivity contribution in [1.29, 1.82) is 0 Å². The maximum absolute atomic E-state index is 12.8. The van der Waals surface area contributed by atoms with Gasteiger partial charge in [-0.25, -0.2) is 4.79 Å². The third kappa shape index (κ3) is 4.57. The maximum Gasteiger partial charge on any atom is 0.337 e. The van der Waals surface area contributed by atoms with Crippen molar-refractivity contribution in [2.45, 2.75) is 6.92 Å². The van der Waals surface area contributed by atoms with Gasteiger partial charge in [-0.2, -0.15) is 0 Å². The molecule has 1 heterocycles. The topological polar surface area (TPSA) is 105 Å². The number of aryl methyl sites for hydroxylation is 1. The van der Waals surface area contributed by atoms with E-state index >= 15 is 0 Å². The molecule has 2 aromatic rings. The highest BCUT2D eigenvalue weighted by Crippen LogP contribution is 2.30. The second kappa shape index (κ2) is 8.91. The minimum Gasteiger partial charge on any atom is -0.465 e. The first kappa shape index (κ1) is 21.3. The van der Waals surface area contributed by atoms with Gasteiger partial charge in [-0.15, -0.1) is 0 Å². The first-order valence-electron chi connectivity index (χ1n) is 9.52. The van der Waals surface area contributed by atoms with Gasteiger partial charge in [0.15, 0.2) is 0 Å². The molecular formula is C21H24N4O5. The van der Waals surface area contributed by atoms with Gasteiger partial charge in [0.05, 0.1) is 17.6 Å². The van der Waals surface area contributed by atoms with E-state index in [9.17, 15) is 19.7 Å². The molecule has 3 rings (SSSR count). The van der Waals surface area contributed by atoms with E-state index in [1.54, 1.807) is 31.2 Å². The Hall–Kier alpha value is -3.46. The van der Waals surface area contributed by atoms with Crippen LogP contribution < -0.4 is 10.2 Å². The number of anilines is 2. The van der Waals surface area contributed by atoms with Crippen molar-refractivity contribution in [3.8, 4) is 0 Å². The van der Waals surface area contributed by atoms with E-state index in [2.05, 4.69) is 10.2 Å². The lowest BCUT2D eigenvalue weighted by Gasteiger charge is -2.33. The highest BCUT2D eigenvalue weighted by molar-refractivity contribution is 6.06. The van der Waals surface area contributed by atoms with Crippen LogP contribution in [0, 0.1) is 17.0 Å². The lowest BCUT2D eigenvalue weighted by atomic mass is 10.1. The molecule has 0 spiro atoms. The number of nitrogens with zero attached hydrogens (tertiary/aromatic N) is 3. The first-order valence-corrected chi connectivity index (χ1v) is 9.52. The number of carbonyl (C=O) groups excluding carboxylic acids is 2. The molecule has 0 atom stereocenters. The Morgan fingerprint density at radius 2 is 1.73 bits per heavy atom. The van der Waals surface area contributed by atoms with E-state index in [-0.39, 0.29) is 11.3 Å². The fraction of sp³-hybridized carbons (Fsp3) is 0.333. The molecule has 9 heteroatoms. The largest absolute Gasteiger partial charge is 0.465 e. The predicted octanol–water partition coefficient (Wildman–Crippen LogP) is 2.69. The number of nitrogens with one attached hydrogen (secondary N) is 1. The number of amides is 1. The van der Waals surface area contributed by atoms with Crippen molar-refractivity contribution >= 4 is 28.9 Å². The van der Waals surface area contributed by atoms with Crippen molar-refractivity contribution in [2.75, 3.05) is 50.6 Å². The molecule has 1 saturated heterocycles. The molecule has 2 aromatic carbocycles. The molecule has 0 unspecified atom stereocenters. The molecule has 1 aliphatic rings. The predicted molar refractivity (Wildman–Crippen MR) is 113 cm³/mol. The first-order chi connectivity index (χ1) is 14.3. The molecule has 0 saturated carbocycles.